The van der Waals surface area contributed by atoms with E-state index in [1.165, 1.54) is 32.4 Å². The van der Waals surface area contributed by atoms with Crippen molar-refractivity contribution < 1.29 is 19.4 Å². The highest BCUT2D eigenvalue weighted by molar-refractivity contribution is 6.09. The summed E-state index contributed by atoms with van der Waals surface area (Å²) < 4.78 is 10.1. The monoisotopic (exact) mass is 324 g/mol. The van der Waals surface area contributed by atoms with E-state index in [0.717, 1.165) is 0 Å². The summed E-state index contributed by atoms with van der Waals surface area (Å²) in [5, 5.41) is 21.8. The first-order chi connectivity index (χ1) is 11.6. The van der Waals surface area contributed by atoms with E-state index in [2.05, 4.69) is 5.32 Å². The van der Waals surface area contributed by atoms with Crippen molar-refractivity contribution in [3.05, 3.63) is 53.6 Å². The third kappa shape index (κ3) is 3.84. The van der Waals surface area contributed by atoms with E-state index in [4.69, 9.17) is 9.47 Å². The highest BCUT2D eigenvalue weighted by Crippen LogP contribution is 2.37. The Morgan fingerprint density at radius 1 is 1.17 bits per heavy atom. The average Bonchev–Trinajstić information content (AvgIpc) is 2.61. The molecule has 0 saturated heterocycles. The molecule has 0 radical (unpaired) electrons. The summed E-state index contributed by atoms with van der Waals surface area (Å²) in [6.45, 7) is 0. The molecule has 0 aliphatic carbocycles. The standard InChI is InChI=1S/C18H16N2O4/c1-23-15-9-12(10-16(24-2)17(15)21)8-13(11-19)18(22)20-14-6-4-3-5-7-14/h3-10,21H,1-2H3,(H,20,22). The van der Waals surface area contributed by atoms with Crippen LogP contribution in [0.3, 0.4) is 0 Å². The molecule has 0 aliphatic rings. The predicted molar refractivity (Wildman–Crippen MR) is 89.9 cm³/mol. The number of phenols is 1. The first-order valence-electron chi connectivity index (χ1n) is 7.02. The highest BCUT2D eigenvalue weighted by atomic mass is 16.5. The van der Waals surface area contributed by atoms with Crippen LogP contribution in [0.2, 0.25) is 0 Å². The lowest BCUT2D eigenvalue weighted by atomic mass is 10.1. The molecule has 0 bridgehead atoms. The van der Waals surface area contributed by atoms with Crippen LogP contribution in [-0.2, 0) is 4.79 Å². The molecule has 6 heteroatoms. The Kier molecular flexibility index (Phi) is 5.42. The lowest BCUT2D eigenvalue weighted by molar-refractivity contribution is -0.112. The number of nitrogens with one attached hydrogen (secondary N) is 1. The Morgan fingerprint density at radius 3 is 2.25 bits per heavy atom. The minimum atomic E-state index is -0.533. The number of nitrogens with zero attached hydrogens (tertiary/aromatic N) is 1. The second-order valence-corrected chi connectivity index (χ2v) is 4.76. The van der Waals surface area contributed by atoms with Crippen LogP contribution in [0.5, 0.6) is 17.2 Å². The van der Waals surface area contributed by atoms with Crippen molar-refractivity contribution in [3.8, 4) is 23.3 Å². The van der Waals surface area contributed by atoms with Crippen molar-refractivity contribution in [1.29, 1.82) is 5.26 Å². The fraction of sp³-hybridized carbons (Fsp3) is 0.111. The summed E-state index contributed by atoms with van der Waals surface area (Å²) >= 11 is 0. The van der Waals surface area contributed by atoms with Crippen LogP contribution in [0.25, 0.3) is 6.08 Å². The number of anilines is 1. The van der Waals surface area contributed by atoms with E-state index in [0.29, 0.717) is 11.3 Å². The number of aromatic hydroxyl groups is 1. The minimum Gasteiger partial charge on any atom is -0.502 e. The van der Waals surface area contributed by atoms with Crippen LogP contribution in [0, 0.1) is 11.3 Å². The zero-order chi connectivity index (χ0) is 17.5. The van der Waals surface area contributed by atoms with Gasteiger partial charge in [0, 0.05) is 5.69 Å². The van der Waals surface area contributed by atoms with Gasteiger partial charge in [0.2, 0.25) is 5.75 Å². The Balaban J connectivity index is 2.33. The van der Waals surface area contributed by atoms with Crippen LogP contribution >= 0.6 is 0 Å². The molecule has 0 spiro atoms. The smallest absolute Gasteiger partial charge is 0.266 e. The number of ether oxygens (including phenoxy) is 2. The maximum atomic E-state index is 12.2. The third-order valence-electron chi connectivity index (χ3n) is 3.21. The largest absolute Gasteiger partial charge is 0.502 e. The van der Waals surface area contributed by atoms with Gasteiger partial charge in [0.25, 0.3) is 5.91 Å². The molecule has 2 rings (SSSR count). The van der Waals surface area contributed by atoms with Gasteiger partial charge in [-0.05, 0) is 35.9 Å². The highest BCUT2D eigenvalue weighted by Gasteiger charge is 2.13. The molecule has 2 aromatic rings. The number of methoxy groups -OCH3 is 2. The quantitative estimate of drug-likeness (QED) is 0.652. The summed E-state index contributed by atoms with van der Waals surface area (Å²) in [5.41, 5.74) is 0.986. The summed E-state index contributed by atoms with van der Waals surface area (Å²) in [6.07, 6.45) is 1.39. The van der Waals surface area contributed by atoms with Crippen LogP contribution in [0.15, 0.2) is 48.0 Å². The average molecular weight is 324 g/mol. The van der Waals surface area contributed by atoms with Crippen molar-refractivity contribution >= 4 is 17.7 Å². The maximum Gasteiger partial charge on any atom is 0.266 e. The van der Waals surface area contributed by atoms with Gasteiger partial charge in [-0.1, -0.05) is 18.2 Å². The molecule has 2 N–H and O–H groups in total. The summed E-state index contributed by atoms with van der Waals surface area (Å²) in [4.78, 5) is 12.2. The molecule has 122 valence electrons. The third-order valence-corrected chi connectivity index (χ3v) is 3.21. The SMILES string of the molecule is COc1cc(C=C(C#N)C(=O)Nc2ccccc2)cc(OC)c1O. The second-order valence-electron chi connectivity index (χ2n) is 4.76. The lowest BCUT2D eigenvalue weighted by Gasteiger charge is -2.10. The number of amides is 1. The van der Waals surface area contributed by atoms with Crippen LogP contribution in [-0.4, -0.2) is 25.2 Å². The van der Waals surface area contributed by atoms with Gasteiger partial charge in [-0.2, -0.15) is 5.26 Å². The number of carbonyl (C=O) groups is 1. The van der Waals surface area contributed by atoms with E-state index < -0.39 is 5.91 Å². The molecule has 2 aromatic carbocycles. The Labute approximate surface area is 139 Å². The first kappa shape index (κ1) is 16.9. The Hall–Kier alpha value is -3.46. The van der Waals surface area contributed by atoms with E-state index in [1.807, 2.05) is 12.1 Å². The van der Waals surface area contributed by atoms with Crippen molar-refractivity contribution in [2.24, 2.45) is 0 Å². The zero-order valence-electron chi connectivity index (χ0n) is 13.2. The number of rotatable bonds is 5. The van der Waals surface area contributed by atoms with Gasteiger partial charge in [-0.25, -0.2) is 0 Å². The fourth-order valence-electron chi connectivity index (χ4n) is 2.03. The van der Waals surface area contributed by atoms with Crippen LogP contribution in [0.4, 0.5) is 5.69 Å². The number of nitriles is 1. The number of hydrogen-bond acceptors (Lipinski definition) is 5. The van der Waals surface area contributed by atoms with Gasteiger partial charge < -0.3 is 19.9 Å². The topological polar surface area (TPSA) is 91.6 Å². The molecule has 1 amide bonds. The van der Waals surface area contributed by atoms with Gasteiger partial charge in [0.15, 0.2) is 11.5 Å². The number of hydrogen-bond donors (Lipinski definition) is 2. The Morgan fingerprint density at radius 2 is 1.75 bits per heavy atom. The summed E-state index contributed by atoms with van der Waals surface area (Å²) in [7, 11) is 2.80. The van der Waals surface area contributed by atoms with E-state index in [9.17, 15) is 15.2 Å². The summed E-state index contributed by atoms with van der Waals surface area (Å²) in [5.74, 6) is -0.318. The number of phenolic OH excluding ortho intramolecular Hbond substituents is 1. The molecule has 0 aromatic heterocycles. The van der Waals surface area contributed by atoms with Crippen molar-refractivity contribution in [1.82, 2.24) is 0 Å². The Bertz CT molecular complexity index is 783. The molecule has 0 heterocycles. The van der Waals surface area contributed by atoms with Gasteiger partial charge in [0.05, 0.1) is 14.2 Å². The fourth-order valence-corrected chi connectivity index (χ4v) is 2.03. The van der Waals surface area contributed by atoms with Gasteiger partial charge in [-0.15, -0.1) is 0 Å². The van der Waals surface area contributed by atoms with Gasteiger partial charge in [-0.3, -0.25) is 4.79 Å². The molecular formula is C18H16N2O4. The van der Waals surface area contributed by atoms with Crippen molar-refractivity contribution in [2.45, 2.75) is 0 Å². The van der Waals surface area contributed by atoms with Crippen molar-refractivity contribution in [2.75, 3.05) is 19.5 Å². The van der Waals surface area contributed by atoms with Crippen molar-refractivity contribution in [3.63, 3.8) is 0 Å². The number of para-hydroxylation sites is 1. The molecule has 0 unspecified atom stereocenters. The maximum absolute atomic E-state index is 12.2. The summed E-state index contributed by atoms with van der Waals surface area (Å²) in [6, 6.07) is 13.7. The minimum absolute atomic E-state index is 0.0892. The molecule has 0 saturated carbocycles. The normalized spacial score (nSPS) is 10.6. The van der Waals surface area contributed by atoms with Gasteiger partial charge in [0.1, 0.15) is 11.6 Å². The van der Waals surface area contributed by atoms with Crippen LogP contribution in [0.1, 0.15) is 5.56 Å². The van der Waals surface area contributed by atoms with E-state index in [-0.39, 0.29) is 22.8 Å². The second kappa shape index (κ2) is 7.70. The molecule has 0 atom stereocenters. The predicted octanol–water partition coefficient (Wildman–Crippen LogP) is 2.96. The molecule has 24 heavy (non-hydrogen) atoms. The van der Waals surface area contributed by atoms with E-state index in [1.54, 1.807) is 24.3 Å². The first-order valence-corrected chi connectivity index (χ1v) is 7.02. The number of benzene rings is 2. The molecule has 0 fully saturated rings. The van der Waals surface area contributed by atoms with Gasteiger partial charge >= 0.3 is 0 Å². The number of carbonyl (C=O) groups excluding carboxylic acids is 1. The van der Waals surface area contributed by atoms with E-state index >= 15 is 0 Å². The van der Waals surface area contributed by atoms with Crippen LogP contribution < -0.4 is 14.8 Å². The zero-order valence-corrected chi connectivity index (χ0v) is 13.2. The molecule has 0 aliphatic heterocycles. The molecule has 6 nitrogen and oxygen atoms in total. The lowest BCUT2D eigenvalue weighted by Crippen LogP contribution is -2.13. The molecular weight excluding hydrogens is 308 g/mol.